The first-order chi connectivity index (χ1) is 17.0. The topological polar surface area (TPSA) is 131 Å². The number of carbonyl (C=O) groups is 3. The van der Waals surface area contributed by atoms with Crippen molar-refractivity contribution >= 4 is 29.5 Å². The molecule has 178 valence electrons. The Morgan fingerprint density at radius 3 is 2.29 bits per heavy atom. The molecule has 0 bridgehead atoms. The Bertz CT molecular complexity index is 1240. The summed E-state index contributed by atoms with van der Waals surface area (Å²) in [5, 5.41) is 21.9. The number of ether oxygens (including phenoxy) is 1. The summed E-state index contributed by atoms with van der Waals surface area (Å²) in [4.78, 5) is 41.2. The van der Waals surface area contributed by atoms with E-state index in [0.717, 1.165) is 20.9 Å². The SMILES string of the molecule is CC(=O)N([C@@H]1C(=O)N2C(C(=O)OC(c3ccccc3)c3ccccc3)=C(O)CS[C@@H]12)n1cnnn1. The number of rotatable bonds is 6. The number of benzene rings is 2. The molecule has 0 saturated carbocycles. The van der Waals surface area contributed by atoms with E-state index in [4.69, 9.17) is 4.74 Å². The van der Waals surface area contributed by atoms with Crippen molar-refractivity contribution in [1.29, 1.82) is 0 Å². The second kappa shape index (κ2) is 9.22. The molecule has 1 aromatic heterocycles. The van der Waals surface area contributed by atoms with Gasteiger partial charge in [-0.15, -0.1) is 21.7 Å². The van der Waals surface area contributed by atoms with E-state index in [-0.39, 0.29) is 17.2 Å². The molecule has 2 atom stereocenters. The predicted molar refractivity (Wildman–Crippen MR) is 124 cm³/mol. The molecule has 2 aliphatic heterocycles. The summed E-state index contributed by atoms with van der Waals surface area (Å²) in [5.74, 6) is -2.04. The number of esters is 1. The van der Waals surface area contributed by atoms with Crippen LogP contribution in [0.1, 0.15) is 24.2 Å². The van der Waals surface area contributed by atoms with Crippen molar-refractivity contribution in [3.63, 3.8) is 0 Å². The molecule has 2 aliphatic rings. The molecule has 2 amide bonds. The number of aliphatic hydroxyl groups is 1. The molecule has 0 aliphatic carbocycles. The highest BCUT2D eigenvalue weighted by atomic mass is 32.2. The second-order valence-electron chi connectivity index (χ2n) is 7.85. The average Bonchev–Trinajstić information content (AvgIpc) is 3.40. The van der Waals surface area contributed by atoms with Crippen molar-refractivity contribution < 1.29 is 24.2 Å². The lowest BCUT2D eigenvalue weighted by molar-refractivity contribution is -0.154. The number of fused-ring (bicyclic) bond motifs is 1. The highest BCUT2D eigenvalue weighted by molar-refractivity contribution is 8.00. The molecule has 1 N–H and O–H groups in total. The lowest BCUT2D eigenvalue weighted by Crippen LogP contribution is -2.73. The predicted octanol–water partition coefficient (Wildman–Crippen LogP) is 1.54. The number of thioether (sulfide) groups is 1. The van der Waals surface area contributed by atoms with Crippen LogP contribution < -0.4 is 5.01 Å². The summed E-state index contributed by atoms with van der Waals surface area (Å²) in [7, 11) is 0. The molecule has 1 fully saturated rings. The maximum atomic E-state index is 13.4. The van der Waals surface area contributed by atoms with Gasteiger partial charge in [0.25, 0.3) is 5.91 Å². The van der Waals surface area contributed by atoms with Crippen LogP contribution >= 0.6 is 11.8 Å². The zero-order valence-electron chi connectivity index (χ0n) is 18.5. The average molecular weight is 493 g/mol. The fraction of sp³-hybridized carbons (Fsp3) is 0.217. The first kappa shape index (κ1) is 22.6. The van der Waals surface area contributed by atoms with Gasteiger partial charge in [0, 0.05) is 6.92 Å². The minimum absolute atomic E-state index is 0.0675. The molecule has 35 heavy (non-hydrogen) atoms. The van der Waals surface area contributed by atoms with Gasteiger partial charge in [-0.1, -0.05) is 60.7 Å². The zero-order valence-corrected chi connectivity index (χ0v) is 19.3. The Morgan fingerprint density at radius 2 is 1.74 bits per heavy atom. The molecular weight excluding hydrogens is 472 g/mol. The van der Waals surface area contributed by atoms with Gasteiger partial charge in [-0.2, -0.15) is 0 Å². The first-order valence-electron chi connectivity index (χ1n) is 10.7. The monoisotopic (exact) mass is 492 g/mol. The lowest BCUT2D eigenvalue weighted by Gasteiger charge is -2.51. The summed E-state index contributed by atoms with van der Waals surface area (Å²) >= 11 is 1.22. The van der Waals surface area contributed by atoms with Gasteiger partial charge in [0.05, 0.1) is 5.75 Å². The van der Waals surface area contributed by atoms with Crippen LogP contribution in [0.25, 0.3) is 0 Å². The normalized spacial score (nSPS) is 19.3. The van der Waals surface area contributed by atoms with Crippen LogP contribution in [0.3, 0.4) is 0 Å². The fourth-order valence-electron chi connectivity index (χ4n) is 4.14. The van der Waals surface area contributed by atoms with Crippen molar-refractivity contribution in [3.05, 3.63) is 89.6 Å². The van der Waals surface area contributed by atoms with Crippen LogP contribution in [0.5, 0.6) is 0 Å². The Kier molecular flexibility index (Phi) is 5.95. The zero-order chi connectivity index (χ0) is 24.5. The summed E-state index contributed by atoms with van der Waals surface area (Å²) < 4.78 is 5.87. The molecule has 0 spiro atoms. The van der Waals surface area contributed by atoms with E-state index < -0.39 is 35.3 Å². The number of aromatic nitrogens is 4. The number of β-lactam (4-membered cyclic amide) rings is 1. The van der Waals surface area contributed by atoms with Crippen molar-refractivity contribution in [2.75, 3.05) is 10.8 Å². The maximum Gasteiger partial charge on any atom is 0.359 e. The summed E-state index contributed by atoms with van der Waals surface area (Å²) in [5.41, 5.74) is 1.25. The van der Waals surface area contributed by atoms with Crippen LogP contribution in [0.4, 0.5) is 0 Å². The van der Waals surface area contributed by atoms with Gasteiger partial charge >= 0.3 is 5.97 Å². The van der Waals surface area contributed by atoms with Crippen LogP contribution in [0, 0.1) is 0 Å². The molecule has 5 rings (SSSR count). The van der Waals surface area contributed by atoms with Crippen molar-refractivity contribution in [1.82, 2.24) is 25.2 Å². The smallest absolute Gasteiger partial charge is 0.359 e. The van der Waals surface area contributed by atoms with Crippen molar-refractivity contribution in [3.8, 4) is 0 Å². The Hall–Kier alpha value is -4.19. The molecule has 11 nitrogen and oxygen atoms in total. The van der Waals surface area contributed by atoms with Crippen LogP contribution in [0.15, 0.2) is 78.4 Å². The number of hydrogen-bond donors (Lipinski definition) is 1. The van der Waals surface area contributed by atoms with Crippen LogP contribution in [0.2, 0.25) is 0 Å². The van der Waals surface area contributed by atoms with Gasteiger partial charge in [-0.05, 0) is 21.6 Å². The van der Waals surface area contributed by atoms with E-state index in [2.05, 4.69) is 15.5 Å². The number of carbonyl (C=O) groups excluding carboxylic acids is 3. The van der Waals surface area contributed by atoms with Gasteiger partial charge in [0.1, 0.15) is 11.1 Å². The van der Waals surface area contributed by atoms with Crippen LogP contribution in [-0.4, -0.2) is 65.3 Å². The largest absolute Gasteiger partial charge is 0.509 e. The minimum Gasteiger partial charge on any atom is -0.509 e. The maximum absolute atomic E-state index is 13.4. The quantitative estimate of drug-likeness (QED) is 0.402. The van der Waals surface area contributed by atoms with Gasteiger partial charge in [0.2, 0.25) is 5.91 Å². The third kappa shape index (κ3) is 4.01. The van der Waals surface area contributed by atoms with E-state index >= 15 is 0 Å². The molecule has 2 aromatic carbocycles. The van der Waals surface area contributed by atoms with E-state index in [9.17, 15) is 19.5 Å². The van der Waals surface area contributed by atoms with Crippen molar-refractivity contribution in [2.45, 2.75) is 24.4 Å². The molecule has 12 heteroatoms. The number of hydrogen-bond acceptors (Lipinski definition) is 9. The van der Waals surface area contributed by atoms with Gasteiger partial charge in [-0.25, -0.2) is 9.80 Å². The van der Waals surface area contributed by atoms with E-state index in [1.165, 1.54) is 29.9 Å². The van der Waals surface area contributed by atoms with E-state index in [1.807, 2.05) is 60.7 Å². The van der Waals surface area contributed by atoms with Gasteiger partial charge in [-0.3, -0.25) is 14.5 Å². The summed E-state index contributed by atoms with van der Waals surface area (Å²) in [6.07, 6.45) is 0.456. The van der Waals surface area contributed by atoms with E-state index in [0.29, 0.717) is 0 Å². The van der Waals surface area contributed by atoms with E-state index in [1.54, 1.807) is 0 Å². The number of amides is 2. The van der Waals surface area contributed by atoms with Gasteiger partial charge < -0.3 is 9.84 Å². The summed E-state index contributed by atoms with van der Waals surface area (Å²) in [6, 6.07) is 17.4. The van der Waals surface area contributed by atoms with Crippen molar-refractivity contribution in [2.24, 2.45) is 0 Å². The third-order valence-corrected chi connectivity index (χ3v) is 6.94. The second-order valence-corrected chi connectivity index (χ2v) is 8.96. The number of aliphatic hydroxyl groups excluding tert-OH is 1. The standard InChI is InChI=1S/C23H20N6O5S/c1-14(30)29(27-13-24-25-26-27)19-21(32)28-18(17(31)12-35-22(19)28)23(33)34-20(15-8-4-2-5-9-15)16-10-6-3-7-11-16/h2-11,13,19-20,22,31H,12H2,1H3/t19-,22+/m1/s1. The molecule has 0 unspecified atom stereocenters. The minimum atomic E-state index is -0.948. The lowest BCUT2D eigenvalue weighted by atomic mass is 10.0. The molecule has 1 saturated heterocycles. The Morgan fingerprint density at radius 1 is 1.11 bits per heavy atom. The van der Waals surface area contributed by atoms with Gasteiger partial charge in [0.15, 0.2) is 24.2 Å². The Labute approximate surface area is 203 Å². The highest BCUT2D eigenvalue weighted by Crippen LogP contribution is 2.42. The molecule has 3 heterocycles. The van der Waals surface area contributed by atoms with Crippen LogP contribution in [-0.2, 0) is 19.1 Å². The Balaban J connectivity index is 1.43. The molecule has 0 radical (unpaired) electrons. The molecule has 3 aromatic rings. The highest BCUT2D eigenvalue weighted by Gasteiger charge is 2.58. The number of nitrogens with zero attached hydrogens (tertiary/aromatic N) is 6. The first-order valence-corrected chi connectivity index (χ1v) is 11.7. The fourth-order valence-corrected chi connectivity index (χ4v) is 5.37. The third-order valence-electron chi connectivity index (χ3n) is 5.69. The summed E-state index contributed by atoms with van der Waals surface area (Å²) in [6.45, 7) is 1.29. The molecular formula is C23H20N6O5S. The number of tetrazole rings is 1.